The van der Waals surface area contributed by atoms with Gasteiger partial charge in [0.15, 0.2) is 6.10 Å². The maximum absolute atomic E-state index is 13.0. The van der Waals surface area contributed by atoms with Gasteiger partial charge in [-0.05, 0) is 30.7 Å². The number of alkyl halides is 3. The Hall–Kier alpha value is -2.68. The SMILES string of the molecule is CC(Oc1nccc2c1C(c1ccnc(N3CCOCC3)c1)=NC2)C(F)(F)F. The number of ether oxygens (including phenoxy) is 2. The molecular formula is C19H19F3N4O2. The number of rotatable bonds is 4. The van der Waals surface area contributed by atoms with Crippen molar-refractivity contribution in [2.45, 2.75) is 25.7 Å². The molecule has 0 aliphatic carbocycles. The molecule has 28 heavy (non-hydrogen) atoms. The number of nitrogens with zero attached hydrogens (tertiary/aromatic N) is 4. The first-order valence-electron chi connectivity index (χ1n) is 8.98. The summed E-state index contributed by atoms with van der Waals surface area (Å²) in [6.45, 7) is 4.08. The Kier molecular flexibility index (Phi) is 4.92. The van der Waals surface area contributed by atoms with E-state index < -0.39 is 12.3 Å². The summed E-state index contributed by atoms with van der Waals surface area (Å²) in [4.78, 5) is 15.1. The summed E-state index contributed by atoms with van der Waals surface area (Å²) in [5.41, 5.74) is 2.65. The zero-order valence-electron chi connectivity index (χ0n) is 15.2. The molecule has 4 rings (SSSR count). The molecule has 1 saturated heterocycles. The lowest BCUT2D eigenvalue weighted by atomic mass is 10.0. The summed E-state index contributed by atoms with van der Waals surface area (Å²) in [5, 5.41) is 0. The highest BCUT2D eigenvalue weighted by Gasteiger charge is 2.39. The van der Waals surface area contributed by atoms with Gasteiger partial charge in [0, 0.05) is 31.0 Å². The largest absolute Gasteiger partial charge is 0.464 e. The van der Waals surface area contributed by atoms with Crippen molar-refractivity contribution in [1.82, 2.24) is 9.97 Å². The van der Waals surface area contributed by atoms with Gasteiger partial charge in [-0.1, -0.05) is 0 Å². The fourth-order valence-electron chi connectivity index (χ4n) is 3.20. The third-order valence-electron chi connectivity index (χ3n) is 4.75. The van der Waals surface area contributed by atoms with E-state index in [1.807, 2.05) is 6.07 Å². The molecule has 2 aliphatic rings. The van der Waals surface area contributed by atoms with Crippen molar-refractivity contribution >= 4 is 11.5 Å². The number of anilines is 1. The molecule has 0 bridgehead atoms. The second-order valence-corrected chi connectivity index (χ2v) is 6.62. The number of pyridine rings is 2. The molecule has 0 amide bonds. The highest BCUT2D eigenvalue weighted by Crippen LogP contribution is 2.33. The van der Waals surface area contributed by atoms with Gasteiger partial charge in [-0.2, -0.15) is 13.2 Å². The van der Waals surface area contributed by atoms with E-state index in [1.54, 1.807) is 18.3 Å². The summed E-state index contributed by atoms with van der Waals surface area (Å²) in [5.74, 6) is 0.732. The number of hydrogen-bond donors (Lipinski definition) is 0. The third kappa shape index (κ3) is 3.66. The zero-order chi connectivity index (χ0) is 19.7. The molecule has 6 nitrogen and oxygen atoms in total. The van der Waals surface area contributed by atoms with Crippen LogP contribution in [0.1, 0.15) is 23.6 Å². The highest BCUT2D eigenvalue weighted by atomic mass is 19.4. The van der Waals surface area contributed by atoms with Crippen molar-refractivity contribution in [3.63, 3.8) is 0 Å². The van der Waals surface area contributed by atoms with Crippen LogP contribution < -0.4 is 9.64 Å². The van der Waals surface area contributed by atoms with E-state index in [4.69, 9.17) is 9.47 Å². The van der Waals surface area contributed by atoms with Gasteiger partial charge in [0.05, 0.1) is 31.0 Å². The van der Waals surface area contributed by atoms with Crippen LogP contribution in [0.3, 0.4) is 0 Å². The minimum atomic E-state index is -4.47. The normalized spacial score (nSPS) is 17.9. The minimum Gasteiger partial charge on any atom is -0.464 e. The van der Waals surface area contributed by atoms with Gasteiger partial charge >= 0.3 is 6.18 Å². The van der Waals surface area contributed by atoms with Crippen molar-refractivity contribution in [1.29, 1.82) is 0 Å². The molecule has 1 atom stereocenters. The first kappa shape index (κ1) is 18.7. The molecule has 2 aliphatic heterocycles. The van der Waals surface area contributed by atoms with Gasteiger partial charge in [0.25, 0.3) is 0 Å². The highest BCUT2D eigenvalue weighted by molar-refractivity contribution is 6.16. The van der Waals surface area contributed by atoms with E-state index in [0.717, 1.165) is 37.0 Å². The second-order valence-electron chi connectivity index (χ2n) is 6.62. The molecule has 0 aromatic carbocycles. The Labute approximate surface area is 160 Å². The number of hydrogen-bond acceptors (Lipinski definition) is 6. The molecule has 4 heterocycles. The Morgan fingerprint density at radius 3 is 2.64 bits per heavy atom. The van der Waals surface area contributed by atoms with Crippen LogP contribution >= 0.6 is 0 Å². The summed E-state index contributed by atoms with van der Waals surface area (Å²) >= 11 is 0. The van der Waals surface area contributed by atoms with Crippen LogP contribution in [-0.4, -0.2) is 54.3 Å². The van der Waals surface area contributed by atoms with Crippen LogP contribution in [0.2, 0.25) is 0 Å². The molecule has 1 unspecified atom stereocenters. The van der Waals surface area contributed by atoms with Gasteiger partial charge in [-0.15, -0.1) is 0 Å². The average Bonchev–Trinajstić information content (AvgIpc) is 3.13. The van der Waals surface area contributed by atoms with Crippen LogP contribution in [0.25, 0.3) is 0 Å². The fraction of sp³-hybridized carbons (Fsp3) is 0.421. The quantitative estimate of drug-likeness (QED) is 0.801. The van der Waals surface area contributed by atoms with E-state index in [2.05, 4.69) is 19.9 Å². The van der Waals surface area contributed by atoms with Crippen molar-refractivity contribution < 1.29 is 22.6 Å². The van der Waals surface area contributed by atoms with Gasteiger partial charge in [0.1, 0.15) is 5.82 Å². The van der Waals surface area contributed by atoms with Gasteiger partial charge < -0.3 is 14.4 Å². The van der Waals surface area contributed by atoms with Crippen LogP contribution in [0.15, 0.2) is 35.6 Å². The molecular weight excluding hydrogens is 373 g/mol. The van der Waals surface area contributed by atoms with Gasteiger partial charge in [-0.25, -0.2) is 9.97 Å². The maximum Gasteiger partial charge on any atom is 0.425 e. The summed E-state index contributed by atoms with van der Waals surface area (Å²) in [6, 6.07) is 5.44. The Morgan fingerprint density at radius 1 is 1.14 bits per heavy atom. The number of morpholine rings is 1. The molecule has 0 N–H and O–H groups in total. The van der Waals surface area contributed by atoms with Crippen molar-refractivity contribution in [3.8, 4) is 5.88 Å². The van der Waals surface area contributed by atoms with E-state index in [0.29, 0.717) is 31.0 Å². The van der Waals surface area contributed by atoms with E-state index in [1.165, 1.54) is 6.20 Å². The monoisotopic (exact) mass is 392 g/mol. The Bertz CT molecular complexity index is 895. The Morgan fingerprint density at radius 2 is 1.89 bits per heavy atom. The van der Waals surface area contributed by atoms with Crippen LogP contribution in [-0.2, 0) is 11.3 Å². The number of fused-ring (bicyclic) bond motifs is 1. The lowest BCUT2D eigenvalue weighted by molar-refractivity contribution is -0.190. The maximum atomic E-state index is 13.0. The van der Waals surface area contributed by atoms with Crippen molar-refractivity contribution in [3.05, 3.63) is 47.3 Å². The second kappa shape index (κ2) is 7.38. The first-order valence-corrected chi connectivity index (χ1v) is 8.98. The number of aromatic nitrogens is 2. The molecule has 0 spiro atoms. The molecule has 2 aromatic rings. The molecule has 0 radical (unpaired) electrons. The summed E-state index contributed by atoms with van der Waals surface area (Å²) in [6.07, 6.45) is -3.31. The molecule has 148 valence electrons. The van der Waals surface area contributed by atoms with Crippen molar-refractivity contribution in [2.24, 2.45) is 4.99 Å². The lowest BCUT2D eigenvalue weighted by Gasteiger charge is -2.28. The van der Waals surface area contributed by atoms with Crippen LogP contribution in [0, 0.1) is 0 Å². The third-order valence-corrected chi connectivity index (χ3v) is 4.75. The number of aliphatic imine (C=N–C) groups is 1. The lowest BCUT2D eigenvalue weighted by Crippen LogP contribution is -2.36. The van der Waals surface area contributed by atoms with E-state index in [9.17, 15) is 13.2 Å². The zero-order valence-corrected chi connectivity index (χ0v) is 15.2. The smallest absolute Gasteiger partial charge is 0.425 e. The predicted molar refractivity (Wildman–Crippen MR) is 97.0 cm³/mol. The predicted octanol–water partition coefficient (Wildman–Crippen LogP) is 2.99. The van der Waals surface area contributed by atoms with Crippen LogP contribution in [0.4, 0.5) is 19.0 Å². The molecule has 0 saturated carbocycles. The minimum absolute atomic E-state index is 0.0525. The topological polar surface area (TPSA) is 59.8 Å². The molecule has 1 fully saturated rings. The van der Waals surface area contributed by atoms with Gasteiger partial charge in [0.2, 0.25) is 5.88 Å². The van der Waals surface area contributed by atoms with Crippen LogP contribution in [0.5, 0.6) is 5.88 Å². The van der Waals surface area contributed by atoms with E-state index in [-0.39, 0.29) is 5.88 Å². The summed E-state index contributed by atoms with van der Waals surface area (Å²) in [7, 11) is 0. The first-order chi connectivity index (χ1) is 13.4. The summed E-state index contributed by atoms with van der Waals surface area (Å²) < 4.78 is 49.4. The molecule has 9 heteroatoms. The standard InChI is InChI=1S/C19H19F3N4O2/c1-12(19(20,21)22)28-18-16-14(3-5-24-18)11-25-17(16)13-2-4-23-15(10-13)26-6-8-27-9-7-26/h2-5,10,12H,6-9,11H2,1H3. The number of halogens is 3. The Balaban J connectivity index is 1.66. The average molecular weight is 392 g/mol. The van der Waals surface area contributed by atoms with Gasteiger partial charge in [-0.3, -0.25) is 4.99 Å². The fourth-order valence-corrected chi connectivity index (χ4v) is 3.20. The molecule has 2 aromatic heterocycles. The van der Waals surface area contributed by atoms with Crippen molar-refractivity contribution in [2.75, 3.05) is 31.2 Å². The van der Waals surface area contributed by atoms with E-state index >= 15 is 0 Å².